The fraction of sp³-hybridized carbons (Fsp3) is 0.500. The highest BCUT2D eigenvalue weighted by Crippen LogP contribution is 2.23. The third-order valence-electron chi connectivity index (χ3n) is 5.70. The fourth-order valence-electron chi connectivity index (χ4n) is 4.21. The van der Waals surface area contributed by atoms with Gasteiger partial charge in [0.05, 0.1) is 5.69 Å². The summed E-state index contributed by atoms with van der Waals surface area (Å²) in [6.45, 7) is 4.84. The molecular formula is C22H28N4O2. The van der Waals surface area contributed by atoms with Crippen molar-refractivity contribution in [2.24, 2.45) is 0 Å². The lowest BCUT2D eigenvalue weighted by molar-refractivity contribution is 0.0705. The van der Waals surface area contributed by atoms with Gasteiger partial charge in [-0.25, -0.2) is 4.98 Å². The first-order valence-electron chi connectivity index (χ1n) is 10.4. The van der Waals surface area contributed by atoms with Crippen LogP contribution >= 0.6 is 0 Å². The Morgan fingerprint density at radius 3 is 2.64 bits per heavy atom. The number of nitrogens with zero attached hydrogens (tertiary/aromatic N) is 3. The van der Waals surface area contributed by atoms with E-state index in [1.807, 2.05) is 34.6 Å². The highest BCUT2D eigenvalue weighted by molar-refractivity contribution is 5.97. The first-order chi connectivity index (χ1) is 13.6. The van der Waals surface area contributed by atoms with Crippen molar-refractivity contribution >= 4 is 11.8 Å². The van der Waals surface area contributed by atoms with Gasteiger partial charge in [0.15, 0.2) is 5.82 Å². The molecule has 0 radical (unpaired) electrons. The van der Waals surface area contributed by atoms with Crippen molar-refractivity contribution < 1.29 is 9.59 Å². The number of imidazole rings is 1. The van der Waals surface area contributed by atoms with E-state index in [4.69, 9.17) is 0 Å². The Balaban J connectivity index is 1.55. The highest BCUT2D eigenvalue weighted by atomic mass is 16.2. The van der Waals surface area contributed by atoms with Crippen LogP contribution in [0, 0.1) is 6.92 Å². The van der Waals surface area contributed by atoms with E-state index in [-0.39, 0.29) is 11.8 Å². The Hall–Kier alpha value is -2.63. The van der Waals surface area contributed by atoms with Crippen LogP contribution in [-0.2, 0) is 19.5 Å². The number of hydrogen-bond acceptors (Lipinski definition) is 3. The SMILES string of the molecule is Cc1cccc(CNC(=O)c2nc(C(=O)N3CCCCC3)n3c2CCCC3)c1. The zero-order valence-corrected chi connectivity index (χ0v) is 16.5. The molecule has 0 spiro atoms. The number of likely N-dealkylation sites (tertiary alicyclic amines) is 1. The molecule has 0 atom stereocenters. The molecule has 3 heterocycles. The van der Waals surface area contributed by atoms with Gasteiger partial charge >= 0.3 is 0 Å². The van der Waals surface area contributed by atoms with E-state index in [1.165, 1.54) is 12.0 Å². The van der Waals surface area contributed by atoms with Gasteiger partial charge in [0.2, 0.25) is 0 Å². The number of nitrogens with one attached hydrogen (secondary N) is 1. The van der Waals surface area contributed by atoms with Crippen LogP contribution in [0.25, 0.3) is 0 Å². The lowest BCUT2D eigenvalue weighted by Gasteiger charge is -2.27. The Bertz CT molecular complexity index is 881. The molecule has 0 saturated carbocycles. The van der Waals surface area contributed by atoms with Crippen molar-refractivity contribution in [2.45, 2.75) is 58.5 Å². The summed E-state index contributed by atoms with van der Waals surface area (Å²) in [5, 5.41) is 2.98. The lowest BCUT2D eigenvalue weighted by Crippen LogP contribution is -2.37. The van der Waals surface area contributed by atoms with E-state index in [0.29, 0.717) is 18.1 Å². The molecule has 2 aromatic rings. The maximum Gasteiger partial charge on any atom is 0.289 e. The molecule has 1 fully saturated rings. The van der Waals surface area contributed by atoms with Crippen LogP contribution in [0.3, 0.4) is 0 Å². The second kappa shape index (κ2) is 8.17. The van der Waals surface area contributed by atoms with E-state index in [0.717, 1.165) is 63.0 Å². The van der Waals surface area contributed by atoms with Gasteiger partial charge in [0.1, 0.15) is 5.69 Å². The molecule has 0 bridgehead atoms. The molecule has 0 aliphatic carbocycles. The van der Waals surface area contributed by atoms with Crippen LogP contribution in [0.15, 0.2) is 24.3 Å². The molecule has 148 valence electrons. The van der Waals surface area contributed by atoms with Crippen LogP contribution in [0.4, 0.5) is 0 Å². The Morgan fingerprint density at radius 2 is 1.86 bits per heavy atom. The zero-order chi connectivity index (χ0) is 19.5. The van der Waals surface area contributed by atoms with Crippen molar-refractivity contribution in [1.82, 2.24) is 19.8 Å². The summed E-state index contributed by atoms with van der Waals surface area (Å²) in [6, 6.07) is 8.09. The number of piperidine rings is 1. The van der Waals surface area contributed by atoms with Crippen molar-refractivity contribution in [3.63, 3.8) is 0 Å². The van der Waals surface area contributed by atoms with Crippen LogP contribution in [0.2, 0.25) is 0 Å². The average Bonchev–Trinajstić information content (AvgIpc) is 3.12. The number of hydrogen-bond donors (Lipinski definition) is 1. The molecule has 1 N–H and O–H groups in total. The van der Waals surface area contributed by atoms with Crippen molar-refractivity contribution in [3.8, 4) is 0 Å². The van der Waals surface area contributed by atoms with Gasteiger partial charge in [-0.2, -0.15) is 0 Å². The van der Waals surface area contributed by atoms with E-state index in [2.05, 4.69) is 16.4 Å². The predicted octanol–water partition coefficient (Wildman–Crippen LogP) is 3.08. The van der Waals surface area contributed by atoms with Crippen LogP contribution < -0.4 is 5.32 Å². The van der Waals surface area contributed by atoms with Gasteiger partial charge in [-0.1, -0.05) is 29.8 Å². The van der Waals surface area contributed by atoms with Gasteiger partial charge in [0, 0.05) is 26.2 Å². The second-order valence-electron chi connectivity index (χ2n) is 7.86. The molecule has 0 unspecified atom stereocenters. The molecular weight excluding hydrogens is 352 g/mol. The van der Waals surface area contributed by atoms with Gasteiger partial charge in [-0.3, -0.25) is 9.59 Å². The number of rotatable bonds is 4. The number of carbonyl (C=O) groups is 2. The molecule has 1 aromatic heterocycles. The standard InChI is InChI=1S/C22H28N4O2/c1-16-8-7-9-17(14-16)15-23-21(27)19-18-10-3-6-13-26(18)20(24-19)22(28)25-11-4-2-5-12-25/h7-9,14H,2-6,10-13,15H2,1H3,(H,23,27). The van der Waals surface area contributed by atoms with Crippen LogP contribution in [0.5, 0.6) is 0 Å². The maximum atomic E-state index is 13.0. The van der Waals surface area contributed by atoms with Crippen LogP contribution in [-0.4, -0.2) is 39.4 Å². The van der Waals surface area contributed by atoms with Gasteiger partial charge in [-0.05, 0) is 51.0 Å². The Labute approximate surface area is 165 Å². The first-order valence-corrected chi connectivity index (χ1v) is 10.4. The lowest BCUT2D eigenvalue weighted by atomic mass is 10.1. The van der Waals surface area contributed by atoms with E-state index in [9.17, 15) is 9.59 Å². The maximum absolute atomic E-state index is 13.0. The molecule has 2 aliphatic rings. The zero-order valence-electron chi connectivity index (χ0n) is 16.5. The average molecular weight is 380 g/mol. The number of aromatic nitrogens is 2. The third-order valence-corrected chi connectivity index (χ3v) is 5.70. The number of aryl methyl sites for hydroxylation is 1. The Kier molecular flexibility index (Phi) is 5.46. The predicted molar refractivity (Wildman–Crippen MR) is 107 cm³/mol. The first kappa shape index (κ1) is 18.7. The molecule has 2 aliphatic heterocycles. The number of fused-ring (bicyclic) bond motifs is 1. The fourth-order valence-corrected chi connectivity index (χ4v) is 4.21. The quantitative estimate of drug-likeness (QED) is 0.886. The number of benzene rings is 1. The summed E-state index contributed by atoms with van der Waals surface area (Å²) in [7, 11) is 0. The summed E-state index contributed by atoms with van der Waals surface area (Å²) in [4.78, 5) is 32.4. The summed E-state index contributed by atoms with van der Waals surface area (Å²) < 4.78 is 1.99. The molecule has 1 saturated heterocycles. The van der Waals surface area contributed by atoms with Gasteiger partial charge < -0.3 is 14.8 Å². The molecule has 4 rings (SSSR count). The smallest absolute Gasteiger partial charge is 0.289 e. The van der Waals surface area contributed by atoms with E-state index >= 15 is 0 Å². The molecule has 6 nitrogen and oxygen atoms in total. The molecule has 2 amide bonds. The molecule has 6 heteroatoms. The minimum Gasteiger partial charge on any atom is -0.347 e. The summed E-state index contributed by atoms with van der Waals surface area (Å²) in [6.07, 6.45) is 6.12. The monoisotopic (exact) mass is 380 g/mol. The summed E-state index contributed by atoms with van der Waals surface area (Å²) >= 11 is 0. The highest BCUT2D eigenvalue weighted by Gasteiger charge is 2.30. The molecule has 28 heavy (non-hydrogen) atoms. The van der Waals surface area contributed by atoms with Gasteiger partial charge in [-0.15, -0.1) is 0 Å². The third kappa shape index (κ3) is 3.81. The number of amides is 2. The second-order valence-corrected chi connectivity index (χ2v) is 7.86. The summed E-state index contributed by atoms with van der Waals surface area (Å²) in [5.41, 5.74) is 3.56. The molecule has 1 aromatic carbocycles. The van der Waals surface area contributed by atoms with Crippen molar-refractivity contribution in [2.75, 3.05) is 13.1 Å². The summed E-state index contributed by atoms with van der Waals surface area (Å²) in [5.74, 6) is 0.225. The normalized spacial score (nSPS) is 16.5. The van der Waals surface area contributed by atoms with Crippen molar-refractivity contribution in [3.05, 3.63) is 52.6 Å². The largest absolute Gasteiger partial charge is 0.347 e. The van der Waals surface area contributed by atoms with E-state index < -0.39 is 0 Å². The van der Waals surface area contributed by atoms with Gasteiger partial charge in [0.25, 0.3) is 11.8 Å². The topological polar surface area (TPSA) is 67.2 Å². The minimum absolute atomic E-state index is 0.0272. The van der Waals surface area contributed by atoms with Crippen LogP contribution in [0.1, 0.15) is 70.0 Å². The van der Waals surface area contributed by atoms with E-state index in [1.54, 1.807) is 0 Å². The van der Waals surface area contributed by atoms with Crippen molar-refractivity contribution in [1.29, 1.82) is 0 Å². The number of carbonyl (C=O) groups excluding carboxylic acids is 2. The Morgan fingerprint density at radius 1 is 1.07 bits per heavy atom. The minimum atomic E-state index is -0.190.